The van der Waals surface area contributed by atoms with E-state index in [-0.39, 0.29) is 11.7 Å². The van der Waals surface area contributed by atoms with Gasteiger partial charge in [0, 0.05) is 21.4 Å². The van der Waals surface area contributed by atoms with E-state index in [4.69, 9.17) is 11.6 Å². The van der Waals surface area contributed by atoms with Gasteiger partial charge in [-0.1, -0.05) is 55.1 Å². The van der Waals surface area contributed by atoms with Gasteiger partial charge < -0.3 is 5.32 Å². The highest BCUT2D eigenvalue weighted by molar-refractivity contribution is 7.11. The molecule has 0 aliphatic heterocycles. The molecule has 1 amide bonds. The van der Waals surface area contributed by atoms with Crippen LogP contribution in [-0.4, -0.2) is 11.7 Å². The largest absolute Gasteiger partial charge is 0.322 e. The van der Waals surface area contributed by atoms with Gasteiger partial charge in [0.15, 0.2) is 5.78 Å². The van der Waals surface area contributed by atoms with Crippen molar-refractivity contribution in [2.45, 2.75) is 11.3 Å². The van der Waals surface area contributed by atoms with Crippen LogP contribution in [0.25, 0.3) is 0 Å². The van der Waals surface area contributed by atoms with Crippen LogP contribution in [0.15, 0.2) is 78.2 Å². The number of carbonyl (C=O) groups is 2. The molecule has 0 spiro atoms. The Bertz CT molecular complexity index is 882. The lowest BCUT2D eigenvalue weighted by Gasteiger charge is -2.24. The van der Waals surface area contributed by atoms with E-state index in [9.17, 15) is 9.59 Å². The molecular weight excluding hydrogens is 354 g/mol. The van der Waals surface area contributed by atoms with Crippen molar-refractivity contribution in [3.8, 4) is 0 Å². The fourth-order valence-corrected chi connectivity index (χ4v) is 3.79. The van der Waals surface area contributed by atoms with Gasteiger partial charge in [-0.3, -0.25) is 9.59 Å². The van der Waals surface area contributed by atoms with Crippen molar-refractivity contribution in [2.24, 2.45) is 0 Å². The number of amides is 1. The minimum absolute atomic E-state index is 0.0133. The van der Waals surface area contributed by atoms with Gasteiger partial charge in [0.2, 0.25) is 5.91 Å². The lowest BCUT2D eigenvalue weighted by Crippen LogP contribution is -2.17. The number of carbonyl (C=O) groups excluding carboxylic acids is 2. The molecule has 1 N–H and O–H groups in total. The molecular formula is C20H16ClNO2S. The fourth-order valence-electron chi connectivity index (χ4n) is 2.54. The Kier molecular flexibility index (Phi) is 5.02. The molecule has 0 saturated carbocycles. The summed E-state index contributed by atoms with van der Waals surface area (Å²) in [7, 11) is 0. The zero-order valence-electron chi connectivity index (χ0n) is 13.4. The third-order valence-corrected chi connectivity index (χ3v) is 5.61. The maximum absolute atomic E-state index is 12.5. The number of halogens is 1. The summed E-state index contributed by atoms with van der Waals surface area (Å²) in [4.78, 5) is 24.1. The summed E-state index contributed by atoms with van der Waals surface area (Å²) >= 11 is 8.20. The molecule has 25 heavy (non-hydrogen) atoms. The van der Waals surface area contributed by atoms with Gasteiger partial charge in [0.05, 0.1) is 5.69 Å². The first-order chi connectivity index (χ1) is 12.0. The quantitative estimate of drug-likeness (QED) is 0.454. The summed E-state index contributed by atoms with van der Waals surface area (Å²) in [5.74, 6) is -0.275. The lowest BCUT2D eigenvalue weighted by molar-refractivity contribution is -0.111. The number of thiophene rings is 1. The van der Waals surface area contributed by atoms with E-state index in [1.807, 2.05) is 41.8 Å². The van der Waals surface area contributed by atoms with Crippen molar-refractivity contribution in [2.75, 3.05) is 5.32 Å². The molecule has 1 unspecified atom stereocenters. The predicted molar refractivity (Wildman–Crippen MR) is 103 cm³/mol. The van der Waals surface area contributed by atoms with Gasteiger partial charge in [0.1, 0.15) is 4.87 Å². The minimum Gasteiger partial charge on any atom is -0.322 e. The predicted octanol–water partition coefficient (Wildman–Crippen LogP) is 5.08. The van der Waals surface area contributed by atoms with E-state index in [0.717, 1.165) is 4.88 Å². The number of rotatable bonds is 5. The Morgan fingerprint density at radius 3 is 2.68 bits per heavy atom. The van der Waals surface area contributed by atoms with E-state index in [0.29, 0.717) is 23.2 Å². The molecule has 2 aromatic rings. The third kappa shape index (κ3) is 3.81. The summed E-state index contributed by atoms with van der Waals surface area (Å²) in [6.45, 7) is 3.43. The molecule has 1 atom stereocenters. The second kappa shape index (κ2) is 7.21. The Hall–Kier alpha value is -2.43. The molecule has 1 aromatic carbocycles. The van der Waals surface area contributed by atoms with Gasteiger partial charge in [-0.25, -0.2) is 0 Å². The average Bonchev–Trinajstić information content (AvgIpc) is 3.12. The molecule has 0 saturated heterocycles. The Labute approximate surface area is 155 Å². The van der Waals surface area contributed by atoms with Crippen LogP contribution >= 0.6 is 22.9 Å². The highest BCUT2D eigenvalue weighted by Crippen LogP contribution is 2.42. The second-order valence-corrected chi connectivity index (χ2v) is 7.23. The summed E-state index contributed by atoms with van der Waals surface area (Å²) in [6, 6.07) is 11.0. The molecule has 1 aromatic heterocycles. The van der Waals surface area contributed by atoms with Gasteiger partial charge >= 0.3 is 0 Å². The maximum Gasteiger partial charge on any atom is 0.247 e. The zero-order valence-corrected chi connectivity index (χ0v) is 14.9. The van der Waals surface area contributed by atoms with Crippen molar-refractivity contribution in [3.63, 3.8) is 0 Å². The van der Waals surface area contributed by atoms with Gasteiger partial charge in [-0.05, 0) is 18.6 Å². The number of alkyl halides is 1. The van der Waals surface area contributed by atoms with Crippen molar-refractivity contribution in [1.82, 2.24) is 0 Å². The van der Waals surface area contributed by atoms with Crippen molar-refractivity contribution in [3.05, 3.63) is 88.7 Å². The smallest absolute Gasteiger partial charge is 0.247 e. The Morgan fingerprint density at radius 2 is 2.04 bits per heavy atom. The summed E-state index contributed by atoms with van der Waals surface area (Å²) in [6.07, 6.45) is 7.21. The third-order valence-electron chi connectivity index (χ3n) is 3.91. The van der Waals surface area contributed by atoms with E-state index >= 15 is 0 Å². The molecule has 126 valence electrons. The van der Waals surface area contributed by atoms with E-state index < -0.39 is 4.87 Å². The molecule has 3 rings (SSSR count). The first-order valence-electron chi connectivity index (χ1n) is 7.72. The number of hydrogen-bond acceptors (Lipinski definition) is 3. The van der Waals surface area contributed by atoms with Crippen LogP contribution in [0.5, 0.6) is 0 Å². The first-order valence-corrected chi connectivity index (χ1v) is 8.98. The molecule has 1 heterocycles. The standard InChI is InChI=1S/C20H16ClNO2S/c1-2-18(23)22-16-12-17(25-13-16)20(21)10-8-15(9-11-20)19(24)14-6-4-3-5-7-14/h2-10,12-13H,1,11H2,(H,22,23). The van der Waals surface area contributed by atoms with Crippen LogP contribution in [0.3, 0.4) is 0 Å². The lowest BCUT2D eigenvalue weighted by atomic mass is 9.91. The number of allylic oxidation sites excluding steroid dienone is 4. The summed E-state index contributed by atoms with van der Waals surface area (Å²) < 4.78 is 0. The topological polar surface area (TPSA) is 46.2 Å². The number of ketones is 1. The highest BCUT2D eigenvalue weighted by Gasteiger charge is 2.30. The normalized spacial score (nSPS) is 19.2. The zero-order chi connectivity index (χ0) is 17.9. The second-order valence-electron chi connectivity index (χ2n) is 5.65. The molecule has 5 heteroatoms. The number of nitrogens with one attached hydrogen (secondary N) is 1. The molecule has 1 aliphatic rings. The molecule has 0 bridgehead atoms. The van der Waals surface area contributed by atoms with E-state index in [1.165, 1.54) is 17.4 Å². The summed E-state index contributed by atoms with van der Waals surface area (Å²) in [5.41, 5.74) is 1.98. The number of anilines is 1. The first kappa shape index (κ1) is 17.4. The van der Waals surface area contributed by atoms with Crippen molar-refractivity contribution < 1.29 is 9.59 Å². The molecule has 0 radical (unpaired) electrons. The SMILES string of the molecule is C=CC(=O)Nc1csc(C2(Cl)C=CC(C(=O)c3ccccc3)=CC2)c1. The number of benzene rings is 1. The Morgan fingerprint density at radius 1 is 1.28 bits per heavy atom. The highest BCUT2D eigenvalue weighted by atomic mass is 35.5. The van der Waals surface area contributed by atoms with E-state index in [1.54, 1.807) is 18.2 Å². The van der Waals surface area contributed by atoms with Crippen LogP contribution in [0.1, 0.15) is 21.7 Å². The molecule has 0 fully saturated rings. The number of hydrogen-bond donors (Lipinski definition) is 1. The van der Waals surface area contributed by atoms with Gasteiger partial charge in [0.25, 0.3) is 0 Å². The molecule has 1 aliphatic carbocycles. The van der Waals surface area contributed by atoms with E-state index in [2.05, 4.69) is 11.9 Å². The van der Waals surface area contributed by atoms with Crippen LogP contribution in [-0.2, 0) is 9.67 Å². The van der Waals surface area contributed by atoms with Crippen LogP contribution in [0.2, 0.25) is 0 Å². The van der Waals surface area contributed by atoms with Gasteiger partial charge in [-0.2, -0.15) is 0 Å². The fraction of sp³-hybridized carbons (Fsp3) is 0.100. The van der Waals surface area contributed by atoms with Crippen molar-refractivity contribution >= 4 is 40.3 Å². The monoisotopic (exact) mass is 369 g/mol. The van der Waals surface area contributed by atoms with Gasteiger partial charge in [-0.15, -0.1) is 22.9 Å². The van der Waals surface area contributed by atoms with Crippen LogP contribution < -0.4 is 5.32 Å². The average molecular weight is 370 g/mol. The summed E-state index contributed by atoms with van der Waals surface area (Å²) in [5, 5.41) is 4.55. The Balaban J connectivity index is 1.75. The molecule has 3 nitrogen and oxygen atoms in total. The van der Waals surface area contributed by atoms with Crippen LogP contribution in [0, 0.1) is 0 Å². The van der Waals surface area contributed by atoms with Crippen molar-refractivity contribution in [1.29, 1.82) is 0 Å². The number of Topliss-reactive ketones (excluding diaryl/α,β-unsaturated/α-hetero) is 1. The maximum atomic E-state index is 12.5. The van der Waals surface area contributed by atoms with Crippen LogP contribution in [0.4, 0.5) is 5.69 Å². The minimum atomic E-state index is -0.706.